The van der Waals surface area contributed by atoms with E-state index in [2.05, 4.69) is 26.6 Å². The summed E-state index contributed by atoms with van der Waals surface area (Å²) in [4.78, 5) is 22.2. The van der Waals surface area contributed by atoms with E-state index in [1.807, 2.05) is 12.1 Å². The fraction of sp³-hybridized carbons (Fsp3) is 0.333. The summed E-state index contributed by atoms with van der Waals surface area (Å²) in [5, 5.41) is 6.01. The minimum Gasteiger partial charge on any atom is -0.355 e. The summed E-state index contributed by atoms with van der Waals surface area (Å²) in [5.41, 5.74) is 0. The van der Waals surface area contributed by atoms with E-state index in [4.69, 9.17) is 11.6 Å². The summed E-state index contributed by atoms with van der Waals surface area (Å²) < 4.78 is 0.957. The topological polar surface area (TPSA) is 58.2 Å². The molecule has 0 saturated heterocycles. The SMILES string of the molecule is O=C(CCl)NCCC(=O)Nc1ccc(Br)s1. The molecular formula is C9H10BrClN2O2S. The van der Waals surface area contributed by atoms with Crippen LogP contribution in [0.1, 0.15) is 6.42 Å². The summed E-state index contributed by atoms with van der Waals surface area (Å²) in [6, 6.07) is 3.67. The average molecular weight is 326 g/mol. The molecule has 1 aromatic rings. The Hall–Kier alpha value is -0.590. The van der Waals surface area contributed by atoms with E-state index < -0.39 is 0 Å². The number of nitrogens with one attached hydrogen (secondary N) is 2. The molecule has 0 bridgehead atoms. The first-order chi connectivity index (χ1) is 7.61. The molecule has 0 radical (unpaired) electrons. The van der Waals surface area contributed by atoms with Crippen molar-refractivity contribution in [2.45, 2.75) is 6.42 Å². The van der Waals surface area contributed by atoms with Gasteiger partial charge in [-0.1, -0.05) is 0 Å². The third-order valence-corrected chi connectivity index (χ3v) is 3.41. The van der Waals surface area contributed by atoms with Crippen LogP contribution < -0.4 is 10.6 Å². The van der Waals surface area contributed by atoms with Gasteiger partial charge in [0.25, 0.3) is 0 Å². The maximum atomic E-state index is 11.4. The molecule has 0 aliphatic carbocycles. The number of halogens is 2. The number of rotatable bonds is 5. The molecule has 0 unspecified atom stereocenters. The third-order valence-electron chi connectivity index (χ3n) is 1.63. The lowest BCUT2D eigenvalue weighted by Crippen LogP contribution is -2.28. The first kappa shape index (κ1) is 13.5. The highest BCUT2D eigenvalue weighted by Crippen LogP contribution is 2.26. The van der Waals surface area contributed by atoms with Crippen molar-refractivity contribution in [3.8, 4) is 0 Å². The average Bonchev–Trinajstić information content (AvgIpc) is 2.63. The molecule has 88 valence electrons. The standard InChI is InChI=1S/C9H10BrClN2O2S/c10-6-1-2-9(16-6)13-7(14)3-4-12-8(15)5-11/h1-2H,3-5H2,(H,12,15)(H,13,14). The summed E-state index contributed by atoms with van der Waals surface area (Å²) >= 11 is 10.0. The zero-order valence-corrected chi connectivity index (χ0v) is 11.4. The molecular weight excluding hydrogens is 316 g/mol. The van der Waals surface area contributed by atoms with E-state index in [0.29, 0.717) is 6.54 Å². The Labute approximate surface area is 110 Å². The van der Waals surface area contributed by atoms with Gasteiger partial charge < -0.3 is 10.6 Å². The Morgan fingerprint density at radius 3 is 2.69 bits per heavy atom. The van der Waals surface area contributed by atoms with Gasteiger partial charge in [-0.3, -0.25) is 9.59 Å². The summed E-state index contributed by atoms with van der Waals surface area (Å²) in [6.45, 7) is 0.296. The number of hydrogen-bond acceptors (Lipinski definition) is 3. The zero-order chi connectivity index (χ0) is 12.0. The Morgan fingerprint density at radius 2 is 2.12 bits per heavy atom. The molecule has 4 nitrogen and oxygen atoms in total. The summed E-state index contributed by atoms with van der Waals surface area (Å²) in [6.07, 6.45) is 0.234. The van der Waals surface area contributed by atoms with Gasteiger partial charge in [-0.25, -0.2) is 0 Å². The highest BCUT2D eigenvalue weighted by atomic mass is 79.9. The molecule has 1 aromatic heterocycles. The van der Waals surface area contributed by atoms with Crippen molar-refractivity contribution in [2.24, 2.45) is 0 Å². The molecule has 2 amide bonds. The van der Waals surface area contributed by atoms with Gasteiger partial charge in [0, 0.05) is 13.0 Å². The molecule has 0 saturated carbocycles. The van der Waals surface area contributed by atoms with Crippen LogP contribution in [0.25, 0.3) is 0 Å². The molecule has 2 N–H and O–H groups in total. The molecule has 0 aliphatic rings. The number of thiophene rings is 1. The zero-order valence-electron chi connectivity index (χ0n) is 8.26. The Morgan fingerprint density at radius 1 is 1.38 bits per heavy atom. The van der Waals surface area contributed by atoms with Crippen molar-refractivity contribution >= 4 is 55.7 Å². The van der Waals surface area contributed by atoms with Gasteiger partial charge in [-0.05, 0) is 28.1 Å². The predicted molar refractivity (Wildman–Crippen MR) is 69.0 cm³/mol. The van der Waals surface area contributed by atoms with Crippen LogP contribution in [0.5, 0.6) is 0 Å². The van der Waals surface area contributed by atoms with Crippen molar-refractivity contribution in [3.63, 3.8) is 0 Å². The monoisotopic (exact) mass is 324 g/mol. The molecule has 0 aliphatic heterocycles. The highest BCUT2D eigenvalue weighted by molar-refractivity contribution is 9.11. The van der Waals surface area contributed by atoms with E-state index in [-0.39, 0.29) is 24.1 Å². The quantitative estimate of drug-likeness (QED) is 0.815. The van der Waals surface area contributed by atoms with Gasteiger partial charge in [-0.15, -0.1) is 22.9 Å². The lowest BCUT2D eigenvalue weighted by atomic mass is 10.4. The van der Waals surface area contributed by atoms with Crippen molar-refractivity contribution < 1.29 is 9.59 Å². The van der Waals surface area contributed by atoms with Crippen molar-refractivity contribution in [1.82, 2.24) is 5.32 Å². The first-order valence-corrected chi connectivity index (χ1v) is 6.64. The van der Waals surface area contributed by atoms with Gasteiger partial charge in [0.1, 0.15) is 5.88 Å². The number of carbonyl (C=O) groups excluding carboxylic acids is 2. The highest BCUT2D eigenvalue weighted by Gasteiger charge is 2.05. The van der Waals surface area contributed by atoms with E-state index in [9.17, 15) is 9.59 Å². The van der Waals surface area contributed by atoms with Crippen LogP contribution >= 0.6 is 38.9 Å². The van der Waals surface area contributed by atoms with Gasteiger partial charge in [-0.2, -0.15) is 0 Å². The Bertz CT molecular complexity index is 383. The minimum atomic E-state index is -0.270. The molecule has 0 spiro atoms. The Kier molecular flexibility index (Phi) is 5.79. The third kappa shape index (κ3) is 4.96. The van der Waals surface area contributed by atoms with Gasteiger partial charge in [0.2, 0.25) is 11.8 Å². The molecule has 7 heteroatoms. The number of anilines is 1. The second-order valence-corrected chi connectivity index (χ2v) is 5.62. The second-order valence-electron chi connectivity index (χ2n) is 2.89. The number of carbonyl (C=O) groups is 2. The minimum absolute atomic E-state index is 0.0838. The molecule has 1 rings (SSSR count). The van der Waals surface area contributed by atoms with Crippen molar-refractivity contribution in [2.75, 3.05) is 17.7 Å². The molecule has 0 aromatic carbocycles. The number of hydrogen-bond donors (Lipinski definition) is 2. The van der Waals surface area contributed by atoms with E-state index in [1.165, 1.54) is 11.3 Å². The molecule has 1 heterocycles. The maximum Gasteiger partial charge on any atom is 0.234 e. The van der Waals surface area contributed by atoms with Gasteiger partial charge in [0.05, 0.1) is 8.79 Å². The van der Waals surface area contributed by atoms with E-state index in [1.54, 1.807) is 0 Å². The molecule has 0 atom stereocenters. The lowest BCUT2D eigenvalue weighted by molar-refractivity contribution is -0.119. The van der Waals surface area contributed by atoms with Crippen LogP contribution in [0.2, 0.25) is 0 Å². The fourth-order valence-corrected chi connectivity index (χ4v) is 2.34. The van der Waals surface area contributed by atoms with Gasteiger partial charge >= 0.3 is 0 Å². The molecule has 0 fully saturated rings. The molecule has 16 heavy (non-hydrogen) atoms. The Balaban J connectivity index is 2.23. The smallest absolute Gasteiger partial charge is 0.234 e. The summed E-state index contributed by atoms with van der Waals surface area (Å²) in [5.74, 6) is -0.489. The number of amides is 2. The fourth-order valence-electron chi connectivity index (χ4n) is 0.944. The van der Waals surface area contributed by atoms with Crippen LogP contribution in [-0.2, 0) is 9.59 Å². The van der Waals surface area contributed by atoms with Crippen LogP contribution in [0.15, 0.2) is 15.9 Å². The first-order valence-electron chi connectivity index (χ1n) is 4.49. The normalized spacial score (nSPS) is 9.88. The van der Waals surface area contributed by atoms with E-state index in [0.717, 1.165) is 8.79 Å². The summed E-state index contributed by atoms with van der Waals surface area (Å²) in [7, 11) is 0. The van der Waals surface area contributed by atoms with E-state index >= 15 is 0 Å². The van der Waals surface area contributed by atoms with Crippen LogP contribution in [0, 0.1) is 0 Å². The second kappa shape index (κ2) is 6.88. The van der Waals surface area contributed by atoms with Gasteiger partial charge in [0.15, 0.2) is 0 Å². The lowest BCUT2D eigenvalue weighted by Gasteiger charge is -2.03. The largest absolute Gasteiger partial charge is 0.355 e. The van der Waals surface area contributed by atoms with Crippen LogP contribution in [0.4, 0.5) is 5.00 Å². The maximum absolute atomic E-state index is 11.4. The van der Waals surface area contributed by atoms with Crippen LogP contribution in [-0.4, -0.2) is 24.2 Å². The van der Waals surface area contributed by atoms with Crippen molar-refractivity contribution in [3.05, 3.63) is 15.9 Å². The predicted octanol–water partition coefficient (Wildman–Crippen LogP) is 2.19. The number of alkyl halides is 1. The van der Waals surface area contributed by atoms with Crippen molar-refractivity contribution in [1.29, 1.82) is 0 Å². The van der Waals surface area contributed by atoms with Crippen LogP contribution in [0.3, 0.4) is 0 Å².